The van der Waals surface area contributed by atoms with Gasteiger partial charge in [0, 0.05) is 29.4 Å². The summed E-state index contributed by atoms with van der Waals surface area (Å²) >= 11 is 1.29. The molecule has 0 bridgehead atoms. The summed E-state index contributed by atoms with van der Waals surface area (Å²) in [6.45, 7) is 0.414. The molecule has 4 rings (SSSR count). The number of carboxylic acid groups (broad SMARTS) is 1. The maximum atomic E-state index is 12.9. The third kappa shape index (κ3) is 3.06. The Hall–Kier alpha value is -2.80. The molecular formula is C19H17N3O3S. The van der Waals surface area contributed by atoms with E-state index in [4.69, 9.17) is 10.1 Å². The summed E-state index contributed by atoms with van der Waals surface area (Å²) in [6, 6.07) is 7.73. The number of benzene rings is 1. The molecule has 1 aliphatic carbocycles. The zero-order valence-corrected chi connectivity index (χ0v) is 14.8. The van der Waals surface area contributed by atoms with Crippen LogP contribution in [0.2, 0.25) is 0 Å². The predicted octanol–water partition coefficient (Wildman–Crippen LogP) is 2.85. The Kier molecular flexibility index (Phi) is 4.38. The van der Waals surface area contributed by atoms with Gasteiger partial charge in [0.05, 0.1) is 16.1 Å². The number of aromatic nitrogens is 2. The van der Waals surface area contributed by atoms with Crippen molar-refractivity contribution < 1.29 is 14.7 Å². The van der Waals surface area contributed by atoms with Gasteiger partial charge in [0.1, 0.15) is 0 Å². The third-order valence-corrected chi connectivity index (χ3v) is 5.45. The predicted molar refractivity (Wildman–Crippen MR) is 98.9 cm³/mol. The van der Waals surface area contributed by atoms with Crippen molar-refractivity contribution in [1.82, 2.24) is 15.3 Å². The van der Waals surface area contributed by atoms with E-state index in [1.54, 1.807) is 0 Å². The second kappa shape index (κ2) is 6.84. The summed E-state index contributed by atoms with van der Waals surface area (Å²) in [7, 11) is 0. The lowest BCUT2D eigenvalue weighted by atomic mass is 10.0. The Morgan fingerprint density at radius 3 is 2.85 bits per heavy atom. The molecule has 132 valence electrons. The molecule has 7 heteroatoms. The van der Waals surface area contributed by atoms with Crippen molar-refractivity contribution in [2.45, 2.75) is 25.7 Å². The van der Waals surface area contributed by atoms with Gasteiger partial charge in [0.15, 0.2) is 5.69 Å². The molecule has 0 radical (unpaired) electrons. The summed E-state index contributed by atoms with van der Waals surface area (Å²) in [5, 5.41) is 15.0. The van der Waals surface area contributed by atoms with Gasteiger partial charge in [-0.1, -0.05) is 18.2 Å². The van der Waals surface area contributed by atoms with Crippen LogP contribution in [0, 0.1) is 0 Å². The van der Waals surface area contributed by atoms with E-state index in [9.17, 15) is 9.59 Å². The number of fused-ring (bicyclic) bond motifs is 2. The highest BCUT2D eigenvalue weighted by atomic mass is 32.1. The number of rotatable bonds is 5. The number of pyridine rings is 1. The smallest absolute Gasteiger partial charge is 0.355 e. The highest BCUT2D eigenvalue weighted by molar-refractivity contribution is 7.09. The van der Waals surface area contributed by atoms with Gasteiger partial charge in [-0.3, -0.25) is 9.78 Å². The third-order valence-electron chi connectivity index (χ3n) is 4.54. The molecule has 0 atom stereocenters. The van der Waals surface area contributed by atoms with Crippen LogP contribution in [0.4, 0.5) is 0 Å². The first-order valence-electron chi connectivity index (χ1n) is 8.50. The van der Waals surface area contributed by atoms with E-state index in [1.807, 2.05) is 24.3 Å². The molecule has 0 fully saturated rings. The van der Waals surface area contributed by atoms with E-state index in [2.05, 4.69) is 10.3 Å². The van der Waals surface area contributed by atoms with E-state index in [1.165, 1.54) is 16.7 Å². The number of carbonyl (C=O) groups excluding carboxylic acids is 1. The zero-order chi connectivity index (χ0) is 18.1. The topological polar surface area (TPSA) is 92.2 Å². The second-order valence-corrected chi connectivity index (χ2v) is 7.16. The lowest BCUT2D eigenvalue weighted by Gasteiger charge is -2.12. The molecule has 1 aromatic carbocycles. The largest absolute Gasteiger partial charge is 0.476 e. The SMILES string of the molecule is O=C(O)c1csc(CCNC(=O)c2c3c(nc4ccccc24)CCC3)n1. The molecule has 0 spiro atoms. The van der Waals surface area contributed by atoms with Gasteiger partial charge in [-0.15, -0.1) is 11.3 Å². The van der Waals surface area contributed by atoms with Crippen LogP contribution in [-0.4, -0.2) is 33.5 Å². The van der Waals surface area contributed by atoms with E-state index < -0.39 is 5.97 Å². The molecule has 2 N–H and O–H groups in total. The standard InChI is InChI=1S/C19H17N3O3S/c23-18(20-9-8-16-22-15(10-26-16)19(24)25)17-11-4-1-2-6-13(11)21-14-7-3-5-12(14)17/h1-2,4,6,10H,3,5,7-9H2,(H,20,23)(H,24,25). The molecule has 1 aliphatic rings. The number of thiazole rings is 1. The average Bonchev–Trinajstić information content (AvgIpc) is 3.28. The second-order valence-electron chi connectivity index (χ2n) is 6.22. The molecule has 0 unspecified atom stereocenters. The summed E-state index contributed by atoms with van der Waals surface area (Å²) in [5.74, 6) is -1.13. The highest BCUT2D eigenvalue weighted by Gasteiger charge is 2.23. The number of para-hydroxylation sites is 1. The maximum absolute atomic E-state index is 12.9. The maximum Gasteiger partial charge on any atom is 0.355 e. The van der Waals surface area contributed by atoms with Crippen molar-refractivity contribution in [2.75, 3.05) is 6.54 Å². The van der Waals surface area contributed by atoms with Crippen LogP contribution in [0.25, 0.3) is 10.9 Å². The monoisotopic (exact) mass is 367 g/mol. The molecule has 6 nitrogen and oxygen atoms in total. The summed E-state index contributed by atoms with van der Waals surface area (Å²) in [5.41, 5.74) is 3.72. The van der Waals surface area contributed by atoms with E-state index >= 15 is 0 Å². The number of carbonyl (C=O) groups is 2. The van der Waals surface area contributed by atoms with Crippen molar-refractivity contribution in [2.24, 2.45) is 0 Å². The number of amides is 1. The summed E-state index contributed by atoms with van der Waals surface area (Å²) in [4.78, 5) is 32.5. The molecule has 2 heterocycles. The minimum atomic E-state index is -1.03. The normalized spacial score (nSPS) is 12.9. The first-order valence-corrected chi connectivity index (χ1v) is 9.38. The van der Waals surface area contributed by atoms with Gasteiger partial charge in [0.25, 0.3) is 5.91 Å². The zero-order valence-electron chi connectivity index (χ0n) is 14.0. The number of aryl methyl sites for hydroxylation is 1. The van der Waals surface area contributed by atoms with Crippen LogP contribution in [0.15, 0.2) is 29.6 Å². The molecule has 3 aromatic rings. The van der Waals surface area contributed by atoms with Crippen LogP contribution in [0.3, 0.4) is 0 Å². The van der Waals surface area contributed by atoms with Crippen molar-refractivity contribution >= 4 is 34.1 Å². The Balaban J connectivity index is 1.54. The Labute approximate surface area is 153 Å². The molecule has 0 saturated carbocycles. The molecule has 26 heavy (non-hydrogen) atoms. The molecule has 2 aromatic heterocycles. The number of hydrogen-bond acceptors (Lipinski definition) is 5. The first-order chi connectivity index (χ1) is 12.6. The molecular weight excluding hydrogens is 350 g/mol. The fourth-order valence-electron chi connectivity index (χ4n) is 3.37. The number of nitrogens with zero attached hydrogens (tertiary/aromatic N) is 2. The molecule has 1 amide bonds. The van der Waals surface area contributed by atoms with Crippen molar-refractivity contribution in [3.05, 3.63) is 57.2 Å². The molecule has 0 saturated heterocycles. The number of carboxylic acids is 1. The first kappa shape index (κ1) is 16.7. The average molecular weight is 367 g/mol. The molecule has 0 aliphatic heterocycles. The van der Waals surface area contributed by atoms with Crippen molar-refractivity contribution in [3.8, 4) is 0 Å². The highest BCUT2D eigenvalue weighted by Crippen LogP contribution is 2.29. The van der Waals surface area contributed by atoms with Crippen LogP contribution in [-0.2, 0) is 19.3 Å². The van der Waals surface area contributed by atoms with Crippen LogP contribution >= 0.6 is 11.3 Å². The fourth-order valence-corrected chi connectivity index (χ4v) is 4.14. The van der Waals surface area contributed by atoms with Crippen molar-refractivity contribution in [3.63, 3.8) is 0 Å². The number of aromatic carboxylic acids is 1. The van der Waals surface area contributed by atoms with Crippen LogP contribution in [0.5, 0.6) is 0 Å². The number of hydrogen-bond donors (Lipinski definition) is 2. The van der Waals surface area contributed by atoms with E-state index in [0.717, 1.165) is 47.0 Å². The van der Waals surface area contributed by atoms with Crippen molar-refractivity contribution in [1.29, 1.82) is 0 Å². The number of nitrogens with one attached hydrogen (secondary N) is 1. The van der Waals surface area contributed by atoms with Gasteiger partial charge >= 0.3 is 5.97 Å². The minimum Gasteiger partial charge on any atom is -0.476 e. The van der Waals surface area contributed by atoms with Crippen LogP contribution in [0.1, 0.15) is 43.5 Å². The Morgan fingerprint density at radius 2 is 2.04 bits per heavy atom. The van der Waals surface area contributed by atoms with Crippen LogP contribution < -0.4 is 5.32 Å². The van der Waals surface area contributed by atoms with Gasteiger partial charge in [-0.2, -0.15) is 0 Å². The van der Waals surface area contributed by atoms with Gasteiger partial charge < -0.3 is 10.4 Å². The summed E-state index contributed by atoms with van der Waals surface area (Å²) in [6.07, 6.45) is 3.33. The van der Waals surface area contributed by atoms with E-state index in [0.29, 0.717) is 18.0 Å². The quantitative estimate of drug-likeness (QED) is 0.723. The van der Waals surface area contributed by atoms with Gasteiger partial charge in [-0.25, -0.2) is 9.78 Å². The summed E-state index contributed by atoms with van der Waals surface area (Å²) < 4.78 is 0. The minimum absolute atomic E-state index is 0.0503. The lowest BCUT2D eigenvalue weighted by Crippen LogP contribution is -2.27. The van der Waals surface area contributed by atoms with Gasteiger partial charge in [0.2, 0.25) is 0 Å². The lowest BCUT2D eigenvalue weighted by molar-refractivity contribution is 0.0690. The Morgan fingerprint density at radius 1 is 1.19 bits per heavy atom. The van der Waals surface area contributed by atoms with E-state index in [-0.39, 0.29) is 11.6 Å². The van der Waals surface area contributed by atoms with Gasteiger partial charge in [-0.05, 0) is 30.9 Å². The fraction of sp³-hybridized carbons (Fsp3) is 0.263. The Bertz CT molecular complexity index is 1010.